The lowest BCUT2D eigenvalue weighted by Gasteiger charge is -2.37. The zero-order chi connectivity index (χ0) is 17.3. The van der Waals surface area contributed by atoms with Gasteiger partial charge in [0.1, 0.15) is 0 Å². The topological polar surface area (TPSA) is 49.3 Å². The van der Waals surface area contributed by atoms with Crippen molar-refractivity contribution in [2.45, 2.75) is 25.9 Å². The van der Waals surface area contributed by atoms with Gasteiger partial charge in [0.15, 0.2) is 5.96 Å². The molecule has 2 fully saturated rings. The van der Waals surface area contributed by atoms with Gasteiger partial charge in [-0.15, -0.1) is 11.3 Å². The summed E-state index contributed by atoms with van der Waals surface area (Å²) in [6.45, 7) is 10.0. The van der Waals surface area contributed by atoms with Crippen LogP contribution in [-0.2, 0) is 9.47 Å². The quantitative estimate of drug-likeness (QED) is 0.455. The Morgan fingerprint density at radius 1 is 1.40 bits per heavy atom. The lowest BCUT2D eigenvalue weighted by Crippen LogP contribution is -2.52. The molecular weight excluding hydrogens is 336 g/mol. The normalized spacial score (nSPS) is 21.8. The molecule has 3 rings (SSSR count). The highest BCUT2D eigenvalue weighted by atomic mass is 32.1. The van der Waals surface area contributed by atoms with Crippen LogP contribution in [-0.4, -0.2) is 76.1 Å². The van der Waals surface area contributed by atoms with Crippen molar-refractivity contribution >= 4 is 22.3 Å². The predicted molar refractivity (Wildman–Crippen MR) is 104 cm³/mol. The first-order valence-corrected chi connectivity index (χ1v) is 10.3. The lowest BCUT2D eigenvalue weighted by molar-refractivity contribution is 0.0199. The second kappa shape index (κ2) is 9.99. The molecule has 1 aromatic heterocycles. The molecule has 1 N–H and O–H groups in total. The summed E-state index contributed by atoms with van der Waals surface area (Å²) in [7, 11) is 0. The van der Waals surface area contributed by atoms with Gasteiger partial charge in [-0.1, -0.05) is 0 Å². The van der Waals surface area contributed by atoms with Gasteiger partial charge in [-0.3, -0.25) is 4.99 Å². The molecule has 25 heavy (non-hydrogen) atoms. The van der Waals surface area contributed by atoms with E-state index in [1.807, 2.05) is 11.3 Å². The average molecular weight is 367 g/mol. The summed E-state index contributed by atoms with van der Waals surface area (Å²) >= 11 is 1.81. The maximum absolute atomic E-state index is 5.71. The summed E-state index contributed by atoms with van der Waals surface area (Å²) in [6, 6.07) is 4.32. The predicted octanol–water partition coefficient (Wildman–Crippen LogP) is 2.03. The van der Waals surface area contributed by atoms with Crippen LogP contribution in [0.3, 0.4) is 0 Å². The average Bonchev–Trinajstić information content (AvgIpc) is 3.35. The molecule has 3 heterocycles. The first-order chi connectivity index (χ1) is 12.4. The minimum atomic E-state index is 0.294. The largest absolute Gasteiger partial charge is 0.377 e. The van der Waals surface area contributed by atoms with Gasteiger partial charge in [0.2, 0.25) is 0 Å². The molecular formula is C18H30N4O2S. The van der Waals surface area contributed by atoms with Crippen LogP contribution in [0.15, 0.2) is 22.5 Å². The van der Waals surface area contributed by atoms with Gasteiger partial charge in [0, 0.05) is 39.3 Å². The van der Waals surface area contributed by atoms with Crippen molar-refractivity contribution in [2.24, 2.45) is 4.99 Å². The van der Waals surface area contributed by atoms with Crippen molar-refractivity contribution in [2.75, 3.05) is 64.0 Å². The number of aliphatic imine (C=N–C) groups is 1. The molecule has 1 unspecified atom stereocenters. The molecule has 0 saturated carbocycles. The third-order valence-electron chi connectivity index (χ3n) is 4.56. The summed E-state index contributed by atoms with van der Waals surface area (Å²) in [6.07, 6.45) is 2.58. The molecule has 2 aliphatic heterocycles. The zero-order valence-corrected chi connectivity index (χ0v) is 16.0. The highest BCUT2D eigenvalue weighted by Gasteiger charge is 2.20. The summed E-state index contributed by atoms with van der Waals surface area (Å²) in [5.41, 5.74) is 0. The van der Waals surface area contributed by atoms with Crippen LogP contribution in [0, 0.1) is 0 Å². The van der Waals surface area contributed by atoms with Crippen LogP contribution < -0.4 is 10.2 Å². The Morgan fingerprint density at radius 3 is 2.96 bits per heavy atom. The number of hydrogen-bond donors (Lipinski definition) is 1. The Hall–Kier alpha value is -1.31. The summed E-state index contributed by atoms with van der Waals surface area (Å²) in [5.74, 6) is 1.01. The number of guanidine groups is 1. The molecule has 140 valence electrons. The van der Waals surface area contributed by atoms with Gasteiger partial charge in [-0.2, -0.15) is 0 Å². The number of piperazine rings is 1. The minimum absolute atomic E-state index is 0.294. The summed E-state index contributed by atoms with van der Waals surface area (Å²) in [4.78, 5) is 9.55. The van der Waals surface area contributed by atoms with E-state index in [1.54, 1.807) is 0 Å². The highest BCUT2D eigenvalue weighted by Crippen LogP contribution is 2.22. The second-order valence-corrected chi connectivity index (χ2v) is 7.30. The highest BCUT2D eigenvalue weighted by molar-refractivity contribution is 7.14. The standard InChI is InChI=1S/C18H30N4O2S/c1-2-19-18(20-7-13-23-15-16-5-3-12-24-16)22-10-8-21(9-11-22)17-6-4-14-25-17/h4,6,14,16H,2-3,5,7-13,15H2,1H3,(H,19,20). The van der Waals surface area contributed by atoms with Gasteiger partial charge >= 0.3 is 0 Å². The maximum Gasteiger partial charge on any atom is 0.194 e. The Labute approximate surface area is 154 Å². The maximum atomic E-state index is 5.71. The number of anilines is 1. The number of hydrogen-bond acceptors (Lipinski definition) is 5. The van der Waals surface area contributed by atoms with Gasteiger partial charge in [0.05, 0.1) is 30.9 Å². The summed E-state index contributed by atoms with van der Waals surface area (Å²) in [5, 5.41) is 6.92. The van der Waals surface area contributed by atoms with Crippen molar-refractivity contribution in [1.29, 1.82) is 0 Å². The third-order valence-corrected chi connectivity index (χ3v) is 5.49. The van der Waals surface area contributed by atoms with Crippen LogP contribution in [0.5, 0.6) is 0 Å². The van der Waals surface area contributed by atoms with Crippen LogP contribution in [0.4, 0.5) is 5.00 Å². The van der Waals surface area contributed by atoms with Gasteiger partial charge in [-0.25, -0.2) is 0 Å². The SMILES string of the molecule is CCNC(=NCCOCC1CCCO1)N1CCN(c2cccs2)CC1. The molecule has 2 aliphatic rings. The molecule has 0 radical (unpaired) electrons. The van der Waals surface area contributed by atoms with E-state index < -0.39 is 0 Å². The fourth-order valence-corrected chi connectivity index (χ4v) is 4.01. The second-order valence-electron chi connectivity index (χ2n) is 6.37. The molecule has 7 heteroatoms. The molecule has 0 aromatic carbocycles. The number of ether oxygens (including phenoxy) is 2. The monoisotopic (exact) mass is 366 g/mol. The van der Waals surface area contributed by atoms with Crippen molar-refractivity contribution in [1.82, 2.24) is 10.2 Å². The Kier molecular flexibility index (Phi) is 7.38. The zero-order valence-electron chi connectivity index (χ0n) is 15.2. The number of nitrogens with one attached hydrogen (secondary N) is 1. The fourth-order valence-electron chi connectivity index (χ4n) is 3.22. The molecule has 0 amide bonds. The Bertz CT molecular complexity index is 509. The van der Waals surface area contributed by atoms with E-state index in [2.05, 4.69) is 39.6 Å². The smallest absolute Gasteiger partial charge is 0.194 e. The molecule has 1 aromatic rings. The number of rotatable bonds is 7. The van der Waals surface area contributed by atoms with Crippen LogP contribution in [0.25, 0.3) is 0 Å². The van der Waals surface area contributed by atoms with Crippen molar-refractivity contribution in [3.8, 4) is 0 Å². The lowest BCUT2D eigenvalue weighted by atomic mass is 10.2. The van der Waals surface area contributed by atoms with Gasteiger partial charge in [0.25, 0.3) is 0 Å². The minimum Gasteiger partial charge on any atom is -0.377 e. The number of nitrogens with zero attached hydrogens (tertiary/aromatic N) is 3. The van der Waals surface area contributed by atoms with Crippen LogP contribution >= 0.6 is 11.3 Å². The van der Waals surface area contributed by atoms with Crippen LogP contribution in [0.1, 0.15) is 19.8 Å². The third kappa shape index (κ3) is 5.59. The molecule has 1 atom stereocenters. The van der Waals surface area contributed by atoms with Gasteiger partial charge < -0.3 is 24.6 Å². The molecule has 0 bridgehead atoms. The van der Waals surface area contributed by atoms with Crippen LogP contribution in [0.2, 0.25) is 0 Å². The first kappa shape index (κ1) is 18.5. The fraction of sp³-hybridized carbons (Fsp3) is 0.722. The Morgan fingerprint density at radius 2 is 2.28 bits per heavy atom. The Balaban J connectivity index is 1.40. The van der Waals surface area contributed by atoms with Crippen molar-refractivity contribution in [3.05, 3.63) is 17.5 Å². The van der Waals surface area contributed by atoms with E-state index in [-0.39, 0.29) is 0 Å². The molecule has 0 spiro atoms. The number of thiophene rings is 1. The first-order valence-electron chi connectivity index (χ1n) is 9.38. The van der Waals surface area contributed by atoms with E-state index in [0.29, 0.717) is 25.9 Å². The van der Waals surface area contributed by atoms with E-state index in [4.69, 9.17) is 14.5 Å². The van der Waals surface area contributed by atoms with E-state index >= 15 is 0 Å². The van der Waals surface area contributed by atoms with Crippen molar-refractivity contribution in [3.63, 3.8) is 0 Å². The molecule has 6 nitrogen and oxygen atoms in total. The van der Waals surface area contributed by atoms with E-state index in [1.165, 1.54) is 5.00 Å². The van der Waals surface area contributed by atoms with Crippen molar-refractivity contribution < 1.29 is 9.47 Å². The summed E-state index contributed by atoms with van der Waals surface area (Å²) < 4.78 is 11.3. The van der Waals surface area contributed by atoms with E-state index in [9.17, 15) is 0 Å². The molecule has 0 aliphatic carbocycles. The van der Waals surface area contributed by atoms with Gasteiger partial charge in [-0.05, 0) is 37.3 Å². The molecule has 2 saturated heterocycles. The van der Waals surface area contributed by atoms with E-state index in [0.717, 1.165) is 58.1 Å².